The van der Waals surface area contributed by atoms with Crippen LogP contribution in [0.3, 0.4) is 0 Å². The van der Waals surface area contributed by atoms with Crippen LogP contribution >= 0.6 is 0 Å². The summed E-state index contributed by atoms with van der Waals surface area (Å²) in [6.07, 6.45) is 2.47. The van der Waals surface area contributed by atoms with Gasteiger partial charge in [0.2, 0.25) is 16.8 Å². The van der Waals surface area contributed by atoms with Crippen LogP contribution in [0.15, 0.2) is 69.3 Å². The standard InChI is InChI=1S/C18H16N2O5S2.C2H6/c1-12-3-7-14(8-4-12)26(22)25-17-16(11-19-20-18(17)21)13-5-9-15(10-6-13)27(2,23)24;1-2/h3-11H,1-2H3,(H,20,21);1-2H3. The maximum absolute atomic E-state index is 12.5. The summed E-state index contributed by atoms with van der Waals surface area (Å²) < 4.78 is 41.1. The Morgan fingerprint density at radius 3 is 2.14 bits per heavy atom. The van der Waals surface area contributed by atoms with Crippen molar-refractivity contribution in [3.05, 3.63) is 70.6 Å². The van der Waals surface area contributed by atoms with Gasteiger partial charge in [-0.2, -0.15) is 5.10 Å². The van der Waals surface area contributed by atoms with Crippen molar-refractivity contribution in [1.29, 1.82) is 0 Å². The van der Waals surface area contributed by atoms with Crippen molar-refractivity contribution < 1.29 is 16.8 Å². The Morgan fingerprint density at radius 2 is 1.59 bits per heavy atom. The van der Waals surface area contributed by atoms with Crippen LogP contribution in [0.1, 0.15) is 19.4 Å². The Bertz CT molecular complexity index is 1150. The molecule has 0 amide bonds. The highest BCUT2D eigenvalue weighted by molar-refractivity contribution is 7.90. The van der Waals surface area contributed by atoms with Gasteiger partial charge in [0.1, 0.15) is 0 Å². The number of aromatic amines is 1. The summed E-state index contributed by atoms with van der Waals surface area (Å²) in [6, 6.07) is 12.8. The first-order chi connectivity index (χ1) is 13.8. The molecule has 1 aromatic heterocycles. The predicted octanol–water partition coefficient (Wildman–Crippen LogP) is 3.28. The number of aromatic nitrogens is 2. The number of hydrogen-bond donors (Lipinski definition) is 1. The first-order valence-corrected chi connectivity index (χ1v) is 11.8. The molecule has 0 aliphatic rings. The molecule has 0 aliphatic carbocycles. The van der Waals surface area contributed by atoms with E-state index in [4.69, 9.17) is 4.18 Å². The van der Waals surface area contributed by atoms with Crippen LogP contribution in [-0.2, 0) is 20.9 Å². The monoisotopic (exact) mass is 434 g/mol. The lowest BCUT2D eigenvalue weighted by atomic mass is 10.1. The van der Waals surface area contributed by atoms with Gasteiger partial charge in [0.15, 0.2) is 9.84 Å². The molecule has 1 unspecified atom stereocenters. The summed E-state index contributed by atoms with van der Waals surface area (Å²) in [5.74, 6) is -0.156. The van der Waals surface area contributed by atoms with Crippen LogP contribution < -0.4 is 9.74 Å². The third kappa shape index (κ3) is 5.61. The summed E-state index contributed by atoms with van der Waals surface area (Å²) in [7, 11) is -3.34. The fourth-order valence-corrected chi connectivity index (χ4v) is 3.73. The molecule has 0 radical (unpaired) electrons. The second-order valence-corrected chi connectivity index (χ2v) is 8.99. The average Bonchev–Trinajstić information content (AvgIpc) is 2.71. The number of nitrogens with one attached hydrogen (secondary N) is 1. The number of benzene rings is 2. The minimum Gasteiger partial charge on any atom is -0.390 e. The summed E-state index contributed by atoms with van der Waals surface area (Å²) in [5, 5.41) is 6.00. The molecule has 0 saturated carbocycles. The van der Waals surface area contributed by atoms with E-state index < -0.39 is 26.5 Å². The molecule has 0 spiro atoms. The Kier molecular flexibility index (Phi) is 7.46. The number of hydrogen-bond acceptors (Lipinski definition) is 6. The van der Waals surface area contributed by atoms with Crippen LogP contribution in [-0.4, -0.2) is 29.1 Å². The van der Waals surface area contributed by atoms with E-state index in [1.807, 2.05) is 20.8 Å². The molecule has 2 aromatic carbocycles. The van der Waals surface area contributed by atoms with Gasteiger partial charge in [-0.25, -0.2) is 17.7 Å². The van der Waals surface area contributed by atoms with Crippen molar-refractivity contribution in [2.45, 2.75) is 30.6 Å². The van der Waals surface area contributed by atoms with Crippen molar-refractivity contribution in [1.82, 2.24) is 10.2 Å². The minimum absolute atomic E-state index is 0.148. The van der Waals surface area contributed by atoms with Crippen LogP contribution in [0.4, 0.5) is 0 Å². The predicted molar refractivity (Wildman–Crippen MR) is 113 cm³/mol. The van der Waals surface area contributed by atoms with Crippen LogP contribution in [0.5, 0.6) is 5.75 Å². The largest absolute Gasteiger partial charge is 0.390 e. The highest BCUT2D eigenvalue weighted by atomic mass is 32.2. The molecule has 7 nitrogen and oxygen atoms in total. The van der Waals surface area contributed by atoms with Crippen molar-refractivity contribution in [3.8, 4) is 16.9 Å². The fraction of sp³-hybridized carbons (Fsp3) is 0.200. The molecule has 3 aromatic rings. The summed E-state index contributed by atoms with van der Waals surface area (Å²) in [4.78, 5) is 12.7. The average molecular weight is 435 g/mol. The Labute approximate surface area is 172 Å². The van der Waals surface area contributed by atoms with E-state index in [9.17, 15) is 17.4 Å². The minimum atomic E-state index is -3.34. The lowest BCUT2D eigenvalue weighted by Crippen LogP contribution is -2.15. The summed E-state index contributed by atoms with van der Waals surface area (Å²) in [6.45, 7) is 5.90. The van der Waals surface area contributed by atoms with Gasteiger partial charge >= 0.3 is 5.56 Å². The van der Waals surface area contributed by atoms with Gasteiger partial charge in [0.25, 0.3) is 0 Å². The van der Waals surface area contributed by atoms with E-state index in [2.05, 4.69) is 10.2 Å². The van der Waals surface area contributed by atoms with Crippen molar-refractivity contribution >= 4 is 20.9 Å². The third-order valence-electron chi connectivity index (χ3n) is 3.78. The lowest BCUT2D eigenvalue weighted by Gasteiger charge is -2.09. The van der Waals surface area contributed by atoms with Gasteiger partial charge in [-0.1, -0.05) is 43.7 Å². The van der Waals surface area contributed by atoms with Gasteiger partial charge in [-0.3, -0.25) is 4.79 Å². The number of sulfone groups is 1. The van der Waals surface area contributed by atoms with E-state index in [1.165, 1.54) is 30.5 Å². The zero-order chi connectivity index (χ0) is 21.6. The molecule has 1 heterocycles. The first-order valence-electron chi connectivity index (χ1n) is 8.80. The van der Waals surface area contributed by atoms with Gasteiger partial charge < -0.3 is 4.18 Å². The van der Waals surface area contributed by atoms with Crippen molar-refractivity contribution in [3.63, 3.8) is 0 Å². The maximum Gasteiger partial charge on any atom is 0.308 e. The molecule has 0 bridgehead atoms. The molecule has 29 heavy (non-hydrogen) atoms. The van der Waals surface area contributed by atoms with Crippen LogP contribution in [0.2, 0.25) is 0 Å². The fourth-order valence-electron chi connectivity index (χ4n) is 2.33. The van der Waals surface area contributed by atoms with Crippen molar-refractivity contribution in [2.75, 3.05) is 6.26 Å². The summed E-state index contributed by atoms with van der Waals surface area (Å²) in [5.41, 5.74) is 1.18. The highest BCUT2D eigenvalue weighted by Gasteiger charge is 2.17. The van der Waals surface area contributed by atoms with E-state index >= 15 is 0 Å². The lowest BCUT2D eigenvalue weighted by molar-refractivity contribution is 0.554. The maximum atomic E-state index is 12.5. The third-order valence-corrected chi connectivity index (χ3v) is 5.88. The Hall–Kier alpha value is -2.78. The Morgan fingerprint density at radius 1 is 1.00 bits per heavy atom. The zero-order valence-electron chi connectivity index (χ0n) is 16.5. The molecule has 3 rings (SSSR count). The SMILES string of the molecule is CC.Cc1ccc(S(=O)Oc2c(-c3ccc(S(C)(=O)=O)cc3)cn[nH]c2=O)cc1. The molecule has 1 N–H and O–H groups in total. The molecule has 1 atom stereocenters. The highest BCUT2D eigenvalue weighted by Crippen LogP contribution is 2.28. The van der Waals surface area contributed by atoms with E-state index in [-0.39, 0.29) is 10.6 Å². The second kappa shape index (κ2) is 9.62. The van der Waals surface area contributed by atoms with E-state index in [0.29, 0.717) is 16.0 Å². The molecule has 0 aliphatic heterocycles. The second-order valence-electron chi connectivity index (χ2n) is 5.87. The normalized spacial score (nSPS) is 11.9. The van der Waals surface area contributed by atoms with Gasteiger partial charge in [-0.15, -0.1) is 0 Å². The van der Waals surface area contributed by atoms with Gasteiger partial charge in [0.05, 0.1) is 21.6 Å². The smallest absolute Gasteiger partial charge is 0.308 e. The zero-order valence-corrected chi connectivity index (χ0v) is 18.1. The molecular formula is C20H22N2O5S2. The first kappa shape index (κ1) is 22.5. The number of aryl methyl sites for hydroxylation is 1. The Balaban J connectivity index is 0.00000145. The quantitative estimate of drug-likeness (QED) is 0.661. The van der Waals surface area contributed by atoms with Gasteiger partial charge in [-0.05, 0) is 36.8 Å². The number of H-pyrrole nitrogens is 1. The topological polar surface area (TPSA) is 106 Å². The van der Waals surface area contributed by atoms with Gasteiger partial charge in [0, 0.05) is 6.26 Å². The van der Waals surface area contributed by atoms with Crippen LogP contribution in [0.25, 0.3) is 11.1 Å². The van der Waals surface area contributed by atoms with Crippen LogP contribution in [0, 0.1) is 6.92 Å². The van der Waals surface area contributed by atoms with Crippen molar-refractivity contribution in [2.24, 2.45) is 0 Å². The number of rotatable bonds is 5. The molecule has 0 fully saturated rings. The molecule has 154 valence electrons. The number of nitrogens with zero attached hydrogens (tertiary/aromatic N) is 1. The molecular weight excluding hydrogens is 412 g/mol. The summed E-state index contributed by atoms with van der Waals surface area (Å²) >= 11 is -1.90. The molecule has 9 heteroatoms. The van der Waals surface area contributed by atoms with E-state index in [0.717, 1.165) is 11.8 Å². The molecule has 0 saturated heterocycles. The van der Waals surface area contributed by atoms with E-state index in [1.54, 1.807) is 24.3 Å².